The zero-order valence-electron chi connectivity index (χ0n) is 20.6. The van der Waals surface area contributed by atoms with Crippen LogP contribution in [0.25, 0.3) is 10.9 Å². The monoisotopic (exact) mass is 473 g/mol. The Morgan fingerprint density at radius 1 is 0.743 bits per heavy atom. The van der Waals surface area contributed by atoms with E-state index >= 15 is 0 Å². The van der Waals surface area contributed by atoms with Crippen LogP contribution in [0.4, 0.5) is 0 Å². The Kier molecular flexibility index (Phi) is 7.16. The van der Waals surface area contributed by atoms with Crippen LogP contribution < -0.4 is 0 Å². The molecule has 184 valence electrons. The van der Waals surface area contributed by atoms with Crippen molar-refractivity contribution in [2.45, 2.75) is 19.9 Å². The predicted molar refractivity (Wildman–Crippen MR) is 138 cm³/mol. The van der Waals surface area contributed by atoms with E-state index in [-0.39, 0.29) is 11.8 Å². The fourth-order valence-electron chi connectivity index (χ4n) is 5.18. The summed E-state index contributed by atoms with van der Waals surface area (Å²) >= 11 is 0. The lowest BCUT2D eigenvalue weighted by Gasteiger charge is -2.38. The molecule has 5 rings (SSSR count). The van der Waals surface area contributed by atoms with Gasteiger partial charge in [0.25, 0.3) is 0 Å². The molecule has 0 aliphatic carbocycles. The number of H-pyrrole nitrogens is 1. The minimum absolute atomic E-state index is 0.158. The summed E-state index contributed by atoms with van der Waals surface area (Å²) in [5, 5.41) is 1.11. The molecule has 1 N–H and O–H groups in total. The number of para-hydroxylation sites is 1. The molecule has 0 radical (unpaired) electrons. The van der Waals surface area contributed by atoms with E-state index in [4.69, 9.17) is 0 Å². The first-order valence-electron chi connectivity index (χ1n) is 12.7. The first-order valence-corrected chi connectivity index (χ1v) is 12.7. The molecule has 7 nitrogen and oxygen atoms in total. The first-order chi connectivity index (χ1) is 17.1. The molecule has 3 aromatic rings. The Hall–Kier alpha value is -3.16. The molecule has 2 fully saturated rings. The minimum Gasteiger partial charge on any atom is -0.361 e. The van der Waals surface area contributed by atoms with E-state index in [2.05, 4.69) is 52.0 Å². The van der Waals surface area contributed by atoms with Gasteiger partial charge in [-0.05, 0) is 29.7 Å². The molecule has 2 amide bonds. The Balaban J connectivity index is 1.05. The van der Waals surface area contributed by atoms with Gasteiger partial charge in [-0.3, -0.25) is 19.4 Å². The van der Waals surface area contributed by atoms with Gasteiger partial charge in [0.05, 0.1) is 13.0 Å². The number of amides is 2. The number of benzene rings is 2. The largest absolute Gasteiger partial charge is 0.361 e. The maximum atomic E-state index is 12.9. The van der Waals surface area contributed by atoms with Crippen LogP contribution in [0.1, 0.15) is 16.7 Å². The molecule has 2 saturated heterocycles. The highest BCUT2D eigenvalue weighted by Crippen LogP contribution is 2.19. The van der Waals surface area contributed by atoms with Crippen LogP contribution in [0, 0.1) is 6.92 Å². The highest BCUT2D eigenvalue weighted by atomic mass is 16.2. The number of nitrogens with zero attached hydrogens (tertiary/aromatic N) is 4. The first kappa shape index (κ1) is 23.6. The van der Waals surface area contributed by atoms with E-state index < -0.39 is 0 Å². The van der Waals surface area contributed by atoms with E-state index in [1.807, 2.05) is 34.2 Å². The van der Waals surface area contributed by atoms with Gasteiger partial charge in [0.15, 0.2) is 0 Å². The van der Waals surface area contributed by atoms with Crippen LogP contribution in [0.2, 0.25) is 0 Å². The number of hydrogen-bond donors (Lipinski definition) is 1. The minimum atomic E-state index is 0.158. The number of aromatic nitrogens is 1. The van der Waals surface area contributed by atoms with Crippen molar-refractivity contribution < 1.29 is 9.59 Å². The molecule has 2 aliphatic rings. The summed E-state index contributed by atoms with van der Waals surface area (Å²) in [7, 11) is 0. The lowest BCUT2D eigenvalue weighted by molar-refractivity contribution is -0.136. The number of hydrogen-bond acceptors (Lipinski definition) is 4. The van der Waals surface area contributed by atoms with Gasteiger partial charge in [0.2, 0.25) is 11.8 Å². The van der Waals surface area contributed by atoms with Crippen molar-refractivity contribution >= 4 is 22.7 Å². The van der Waals surface area contributed by atoms with Gasteiger partial charge in [0, 0.05) is 76.0 Å². The highest BCUT2D eigenvalue weighted by Gasteiger charge is 2.26. The molecule has 0 saturated carbocycles. The molecule has 0 unspecified atom stereocenters. The molecule has 35 heavy (non-hydrogen) atoms. The molecular weight excluding hydrogens is 438 g/mol. The number of aryl methyl sites for hydroxylation is 1. The molecule has 2 aliphatic heterocycles. The number of carbonyl (C=O) groups excluding carboxylic acids is 2. The van der Waals surface area contributed by atoms with E-state index in [9.17, 15) is 9.59 Å². The van der Waals surface area contributed by atoms with Crippen molar-refractivity contribution in [2.24, 2.45) is 0 Å². The number of aromatic amines is 1. The molecule has 0 atom stereocenters. The molecule has 3 heterocycles. The molecule has 1 aromatic heterocycles. The summed E-state index contributed by atoms with van der Waals surface area (Å²) in [5.74, 6) is 0.365. The normalized spacial score (nSPS) is 17.7. The Morgan fingerprint density at radius 3 is 2.11 bits per heavy atom. The summed E-state index contributed by atoms with van der Waals surface area (Å²) < 4.78 is 0. The van der Waals surface area contributed by atoms with Crippen molar-refractivity contribution in [3.63, 3.8) is 0 Å². The zero-order valence-corrected chi connectivity index (χ0v) is 20.6. The molecule has 0 spiro atoms. The van der Waals surface area contributed by atoms with Crippen molar-refractivity contribution in [3.8, 4) is 0 Å². The molecule has 7 heteroatoms. The van der Waals surface area contributed by atoms with Crippen molar-refractivity contribution in [3.05, 3.63) is 71.4 Å². The summed E-state index contributed by atoms with van der Waals surface area (Å²) in [6, 6.07) is 16.6. The third kappa shape index (κ3) is 5.57. The lowest BCUT2D eigenvalue weighted by atomic mass is 10.1. The predicted octanol–water partition coefficient (Wildman–Crippen LogP) is 2.51. The average molecular weight is 474 g/mol. The second-order valence-electron chi connectivity index (χ2n) is 9.78. The number of carbonyl (C=O) groups is 2. The van der Waals surface area contributed by atoms with Gasteiger partial charge < -0.3 is 14.8 Å². The fraction of sp³-hybridized carbons (Fsp3) is 0.429. The highest BCUT2D eigenvalue weighted by molar-refractivity contribution is 5.89. The third-order valence-electron chi connectivity index (χ3n) is 7.48. The quantitative estimate of drug-likeness (QED) is 0.598. The van der Waals surface area contributed by atoms with Crippen LogP contribution in [-0.2, 0) is 22.6 Å². The Labute approximate surface area is 207 Å². The number of rotatable bonds is 6. The average Bonchev–Trinajstić information content (AvgIpc) is 3.29. The van der Waals surface area contributed by atoms with Gasteiger partial charge in [-0.1, -0.05) is 42.5 Å². The van der Waals surface area contributed by atoms with Crippen LogP contribution >= 0.6 is 0 Å². The van der Waals surface area contributed by atoms with Crippen molar-refractivity contribution in [1.29, 1.82) is 0 Å². The zero-order chi connectivity index (χ0) is 24.2. The van der Waals surface area contributed by atoms with Crippen molar-refractivity contribution in [1.82, 2.24) is 24.6 Å². The molecule has 2 aromatic carbocycles. The topological polar surface area (TPSA) is 62.9 Å². The SMILES string of the molecule is Cc1ccccc1CN1CCN(C(=O)CN2CCN(C(=O)Cc3c[nH]c4ccccc34)CC2)CC1. The summed E-state index contributed by atoms with van der Waals surface area (Å²) in [4.78, 5) is 37.6. The summed E-state index contributed by atoms with van der Waals surface area (Å²) in [6.07, 6.45) is 2.36. The maximum absolute atomic E-state index is 12.9. The van der Waals surface area contributed by atoms with E-state index in [0.717, 1.165) is 62.3 Å². The van der Waals surface area contributed by atoms with Gasteiger partial charge in [0.1, 0.15) is 0 Å². The maximum Gasteiger partial charge on any atom is 0.236 e. The second kappa shape index (κ2) is 10.6. The number of piperazine rings is 2. The number of nitrogens with one attached hydrogen (secondary N) is 1. The summed E-state index contributed by atoms with van der Waals surface area (Å²) in [6.45, 7) is 9.80. The second-order valence-corrected chi connectivity index (χ2v) is 9.78. The van der Waals surface area contributed by atoms with E-state index in [1.54, 1.807) is 0 Å². The van der Waals surface area contributed by atoms with Crippen LogP contribution in [-0.4, -0.2) is 95.3 Å². The van der Waals surface area contributed by atoms with Gasteiger partial charge >= 0.3 is 0 Å². The number of fused-ring (bicyclic) bond motifs is 1. The fourth-order valence-corrected chi connectivity index (χ4v) is 5.18. The summed E-state index contributed by atoms with van der Waals surface area (Å²) in [5.41, 5.74) is 4.80. The standard InChI is InChI=1S/C28H35N5O2/c1-22-6-2-3-7-23(22)20-30-10-16-33(17-11-30)28(35)21-31-12-14-32(15-13-31)27(34)18-24-19-29-26-9-5-4-8-25(24)26/h2-9,19,29H,10-18,20-21H2,1H3. The van der Waals surface area contributed by atoms with Gasteiger partial charge in [-0.25, -0.2) is 0 Å². The van der Waals surface area contributed by atoms with Crippen LogP contribution in [0.3, 0.4) is 0 Å². The van der Waals surface area contributed by atoms with E-state index in [1.165, 1.54) is 11.1 Å². The molecular formula is C28H35N5O2. The third-order valence-corrected chi connectivity index (χ3v) is 7.48. The smallest absolute Gasteiger partial charge is 0.236 e. The Bertz CT molecular complexity index is 1170. The van der Waals surface area contributed by atoms with E-state index in [0.29, 0.717) is 26.1 Å². The van der Waals surface area contributed by atoms with Gasteiger partial charge in [-0.2, -0.15) is 0 Å². The van der Waals surface area contributed by atoms with Crippen LogP contribution in [0.5, 0.6) is 0 Å². The van der Waals surface area contributed by atoms with Crippen LogP contribution in [0.15, 0.2) is 54.7 Å². The van der Waals surface area contributed by atoms with Gasteiger partial charge in [-0.15, -0.1) is 0 Å². The van der Waals surface area contributed by atoms with Crippen molar-refractivity contribution in [2.75, 3.05) is 58.9 Å². The Morgan fingerprint density at radius 2 is 1.37 bits per heavy atom. The molecule has 0 bridgehead atoms. The lowest BCUT2D eigenvalue weighted by Crippen LogP contribution is -2.54.